The first-order chi connectivity index (χ1) is 7.52. The second-order valence-corrected chi connectivity index (χ2v) is 2.85. The molecule has 0 aliphatic heterocycles. The molecule has 0 bridgehead atoms. The molecule has 1 aromatic carbocycles. The SMILES string of the molecule is COC(=O)c1cc(F)cc(OCC(=O)O)c1. The second-order valence-electron chi connectivity index (χ2n) is 2.85. The molecule has 0 unspecified atom stereocenters. The topological polar surface area (TPSA) is 72.8 Å². The highest BCUT2D eigenvalue weighted by Crippen LogP contribution is 2.17. The molecule has 0 aliphatic carbocycles. The summed E-state index contributed by atoms with van der Waals surface area (Å²) in [7, 11) is 1.16. The second kappa shape index (κ2) is 5.11. The highest BCUT2D eigenvalue weighted by atomic mass is 19.1. The number of hydrogen-bond acceptors (Lipinski definition) is 4. The first-order valence-electron chi connectivity index (χ1n) is 4.26. The van der Waals surface area contributed by atoms with Crippen LogP contribution in [0.2, 0.25) is 0 Å². The van der Waals surface area contributed by atoms with Crippen LogP contribution in [0.15, 0.2) is 18.2 Å². The van der Waals surface area contributed by atoms with Gasteiger partial charge < -0.3 is 14.6 Å². The molecule has 0 radical (unpaired) electrons. The number of carboxylic acid groups (broad SMARTS) is 1. The van der Waals surface area contributed by atoms with Gasteiger partial charge in [-0.1, -0.05) is 0 Å². The van der Waals surface area contributed by atoms with Gasteiger partial charge in [0.2, 0.25) is 0 Å². The minimum absolute atomic E-state index is 0.0390. The Labute approximate surface area is 90.4 Å². The van der Waals surface area contributed by atoms with Crippen LogP contribution in [0.5, 0.6) is 5.75 Å². The number of carboxylic acids is 1. The van der Waals surface area contributed by atoms with Gasteiger partial charge in [0.1, 0.15) is 11.6 Å². The summed E-state index contributed by atoms with van der Waals surface area (Å²) in [4.78, 5) is 21.3. The van der Waals surface area contributed by atoms with Crippen molar-refractivity contribution in [3.8, 4) is 5.75 Å². The highest BCUT2D eigenvalue weighted by Gasteiger charge is 2.10. The lowest BCUT2D eigenvalue weighted by Crippen LogP contribution is -2.10. The normalized spacial score (nSPS) is 9.62. The molecular weight excluding hydrogens is 219 g/mol. The van der Waals surface area contributed by atoms with E-state index in [-0.39, 0.29) is 11.3 Å². The van der Waals surface area contributed by atoms with E-state index in [9.17, 15) is 14.0 Å². The molecule has 0 atom stereocenters. The number of hydrogen-bond donors (Lipinski definition) is 1. The Kier molecular flexibility index (Phi) is 3.82. The van der Waals surface area contributed by atoms with Gasteiger partial charge in [0.15, 0.2) is 6.61 Å². The number of methoxy groups -OCH3 is 1. The summed E-state index contributed by atoms with van der Waals surface area (Å²) >= 11 is 0. The molecule has 1 aromatic rings. The van der Waals surface area contributed by atoms with Gasteiger partial charge in [-0.25, -0.2) is 14.0 Å². The van der Waals surface area contributed by atoms with E-state index in [4.69, 9.17) is 9.84 Å². The molecule has 1 rings (SSSR count). The molecule has 0 saturated carbocycles. The largest absolute Gasteiger partial charge is 0.482 e. The lowest BCUT2D eigenvalue weighted by atomic mass is 10.2. The molecule has 86 valence electrons. The fraction of sp³-hybridized carbons (Fsp3) is 0.200. The maximum atomic E-state index is 13.0. The summed E-state index contributed by atoms with van der Waals surface area (Å²) < 4.78 is 22.1. The van der Waals surface area contributed by atoms with E-state index in [1.54, 1.807) is 0 Å². The molecular formula is C10H9FO5. The lowest BCUT2D eigenvalue weighted by Gasteiger charge is -2.05. The van der Waals surface area contributed by atoms with Crippen LogP contribution < -0.4 is 4.74 Å². The van der Waals surface area contributed by atoms with E-state index >= 15 is 0 Å². The van der Waals surface area contributed by atoms with Gasteiger partial charge in [0, 0.05) is 6.07 Å². The summed E-state index contributed by atoms with van der Waals surface area (Å²) in [6.45, 7) is -0.607. The Bertz CT molecular complexity index is 416. The Balaban J connectivity index is 2.89. The number of carbonyl (C=O) groups is 2. The molecule has 5 nitrogen and oxygen atoms in total. The van der Waals surface area contributed by atoms with Crippen molar-refractivity contribution in [3.05, 3.63) is 29.6 Å². The van der Waals surface area contributed by atoms with Crippen molar-refractivity contribution in [2.45, 2.75) is 0 Å². The minimum Gasteiger partial charge on any atom is -0.482 e. The van der Waals surface area contributed by atoms with Crippen LogP contribution in [0.25, 0.3) is 0 Å². The molecule has 0 spiro atoms. The molecule has 0 amide bonds. The monoisotopic (exact) mass is 228 g/mol. The molecule has 0 heterocycles. The van der Waals surface area contributed by atoms with Crippen molar-refractivity contribution in [1.82, 2.24) is 0 Å². The van der Waals surface area contributed by atoms with E-state index in [1.807, 2.05) is 0 Å². The average molecular weight is 228 g/mol. The highest BCUT2D eigenvalue weighted by molar-refractivity contribution is 5.89. The van der Waals surface area contributed by atoms with Gasteiger partial charge in [-0.15, -0.1) is 0 Å². The number of carbonyl (C=O) groups excluding carboxylic acids is 1. The Morgan fingerprint density at radius 1 is 1.38 bits per heavy atom. The van der Waals surface area contributed by atoms with E-state index in [2.05, 4.69) is 4.74 Å². The fourth-order valence-electron chi connectivity index (χ4n) is 1.03. The van der Waals surface area contributed by atoms with Crippen molar-refractivity contribution in [2.24, 2.45) is 0 Å². The van der Waals surface area contributed by atoms with E-state index < -0.39 is 24.4 Å². The van der Waals surface area contributed by atoms with Crippen LogP contribution in [-0.2, 0) is 9.53 Å². The van der Waals surface area contributed by atoms with Crippen LogP contribution >= 0.6 is 0 Å². The number of halogens is 1. The van der Waals surface area contributed by atoms with Crippen LogP contribution in [0.3, 0.4) is 0 Å². The van der Waals surface area contributed by atoms with Gasteiger partial charge in [0.25, 0.3) is 0 Å². The molecule has 1 N–H and O–H groups in total. The first-order valence-corrected chi connectivity index (χ1v) is 4.26. The minimum atomic E-state index is -1.19. The van der Waals surface area contributed by atoms with Crippen molar-refractivity contribution >= 4 is 11.9 Å². The van der Waals surface area contributed by atoms with E-state index in [0.29, 0.717) is 0 Å². The molecule has 16 heavy (non-hydrogen) atoms. The zero-order valence-electron chi connectivity index (χ0n) is 8.40. The fourth-order valence-corrected chi connectivity index (χ4v) is 1.03. The predicted octanol–water partition coefficient (Wildman–Crippen LogP) is 1.08. The number of benzene rings is 1. The van der Waals surface area contributed by atoms with Crippen LogP contribution in [0.1, 0.15) is 10.4 Å². The Morgan fingerprint density at radius 3 is 2.62 bits per heavy atom. The smallest absolute Gasteiger partial charge is 0.341 e. The van der Waals surface area contributed by atoms with Crippen LogP contribution in [0, 0.1) is 5.82 Å². The summed E-state index contributed by atoms with van der Waals surface area (Å²) in [6, 6.07) is 3.16. The van der Waals surface area contributed by atoms with Gasteiger partial charge in [-0.2, -0.15) is 0 Å². The predicted molar refractivity (Wildman–Crippen MR) is 50.9 cm³/mol. The van der Waals surface area contributed by atoms with E-state index in [0.717, 1.165) is 19.2 Å². The van der Waals surface area contributed by atoms with Gasteiger partial charge in [-0.05, 0) is 12.1 Å². The van der Waals surface area contributed by atoms with Gasteiger partial charge >= 0.3 is 11.9 Å². The van der Waals surface area contributed by atoms with Crippen molar-refractivity contribution in [1.29, 1.82) is 0 Å². The van der Waals surface area contributed by atoms with Crippen molar-refractivity contribution in [2.75, 3.05) is 13.7 Å². The zero-order valence-corrected chi connectivity index (χ0v) is 8.40. The molecule has 0 saturated heterocycles. The summed E-state index contributed by atoms with van der Waals surface area (Å²) in [5.41, 5.74) is -0.0390. The maximum Gasteiger partial charge on any atom is 0.341 e. The lowest BCUT2D eigenvalue weighted by molar-refractivity contribution is -0.139. The number of esters is 1. The van der Waals surface area contributed by atoms with Crippen molar-refractivity contribution < 1.29 is 28.6 Å². The summed E-state index contributed by atoms with van der Waals surface area (Å²) in [6.07, 6.45) is 0. The third-order valence-corrected chi connectivity index (χ3v) is 1.65. The number of rotatable bonds is 4. The third kappa shape index (κ3) is 3.23. The maximum absolute atomic E-state index is 13.0. The number of ether oxygens (including phenoxy) is 2. The quantitative estimate of drug-likeness (QED) is 0.780. The van der Waals surface area contributed by atoms with Gasteiger partial charge in [-0.3, -0.25) is 0 Å². The number of aliphatic carboxylic acids is 1. The molecule has 0 fully saturated rings. The Hall–Kier alpha value is -2.11. The van der Waals surface area contributed by atoms with Crippen LogP contribution in [0.4, 0.5) is 4.39 Å². The standard InChI is InChI=1S/C10H9FO5/c1-15-10(14)6-2-7(11)4-8(3-6)16-5-9(12)13/h2-4H,5H2,1H3,(H,12,13). The van der Waals surface area contributed by atoms with Gasteiger partial charge in [0.05, 0.1) is 12.7 Å². The summed E-state index contributed by atoms with van der Waals surface area (Å²) in [5, 5.41) is 8.36. The third-order valence-electron chi connectivity index (χ3n) is 1.65. The zero-order chi connectivity index (χ0) is 12.1. The molecule has 6 heteroatoms. The van der Waals surface area contributed by atoms with Crippen molar-refractivity contribution in [3.63, 3.8) is 0 Å². The molecule has 0 aliphatic rings. The first kappa shape index (κ1) is 12.0. The average Bonchev–Trinajstić information content (AvgIpc) is 2.24. The van der Waals surface area contributed by atoms with E-state index in [1.165, 1.54) is 6.07 Å². The van der Waals surface area contributed by atoms with Crippen LogP contribution in [-0.4, -0.2) is 30.8 Å². The Morgan fingerprint density at radius 2 is 2.06 bits per heavy atom. The molecule has 0 aromatic heterocycles. The summed E-state index contributed by atoms with van der Waals surface area (Å²) in [5.74, 6) is -2.66.